The van der Waals surface area contributed by atoms with Gasteiger partial charge in [0.2, 0.25) is 0 Å². The molecule has 3 rings (SSSR count). The van der Waals surface area contributed by atoms with Crippen molar-refractivity contribution in [2.24, 2.45) is 5.73 Å². The van der Waals surface area contributed by atoms with E-state index in [2.05, 4.69) is 109 Å². The lowest BCUT2D eigenvalue weighted by atomic mass is 10.2. The lowest BCUT2D eigenvalue weighted by molar-refractivity contribution is 0.508. The van der Waals surface area contributed by atoms with E-state index in [1.807, 2.05) is 12.1 Å². The maximum atomic E-state index is 7.06. The predicted octanol–water partition coefficient (Wildman–Crippen LogP) is 4.76. The molecule has 0 aromatic heterocycles. The Morgan fingerprint density at radius 3 is 1.93 bits per heavy atom. The molecule has 0 aliphatic heterocycles. The number of halogens is 1. The molecule has 0 amide bonds. The highest BCUT2D eigenvalue weighted by molar-refractivity contribution is 9.10. The quantitative estimate of drug-likeness (QED) is 0.491. The van der Waals surface area contributed by atoms with Gasteiger partial charge in [0.05, 0.1) is 5.69 Å². The first-order valence-electron chi connectivity index (χ1n) is 9.92. The van der Waals surface area contributed by atoms with Gasteiger partial charge in [-0.15, -0.1) is 0 Å². The van der Waals surface area contributed by atoms with Gasteiger partial charge in [-0.05, 0) is 43.5 Å². The number of hydrogen-bond acceptors (Lipinski definition) is 3. The molecule has 3 nitrogen and oxygen atoms in total. The smallest absolute Gasteiger partial charge is 0.319 e. The van der Waals surface area contributed by atoms with Gasteiger partial charge in [0.15, 0.2) is 0 Å². The van der Waals surface area contributed by atoms with Crippen LogP contribution >= 0.6 is 15.9 Å². The molecule has 0 aliphatic carbocycles. The van der Waals surface area contributed by atoms with Crippen LogP contribution in [-0.4, -0.2) is 21.4 Å². The fourth-order valence-corrected chi connectivity index (χ4v) is 8.53. The van der Waals surface area contributed by atoms with Gasteiger partial charge in [-0.1, -0.05) is 81.4 Å². The average molecular weight is 469 g/mol. The summed E-state index contributed by atoms with van der Waals surface area (Å²) >= 11 is 3.62. The molecule has 3 aromatic carbocycles. The van der Waals surface area contributed by atoms with Crippen LogP contribution in [0.25, 0.3) is 0 Å². The zero-order chi connectivity index (χ0) is 20.9. The van der Waals surface area contributed by atoms with Gasteiger partial charge in [0.1, 0.15) is 5.75 Å². The number of nitrogens with one attached hydrogen (secondary N) is 1. The zero-order valence-corrected chi connectivity index (χ0v) is 19.9. The summed E-state index contributed by atoms with van der Waals surface area (Å²) < 4.78 is 8.06. The normalized spacial score (nSPS) is 11.9. The first-order valence-corrected chi connectivity index (χ1v) is 12.6. The van der Waals surface area contributed by atoms with E-state index in [9.17, 15) is 0 Å². The predicted molar refractivity (Wildman–Crippen MR) is 130 cm³/mol. The van der Waals surface area contributed by atoms with Crippen molar-refractivity contribution in [3.63, 3.8) is 0 Å². The van der Waals surface area contributed by atoms with E-state index >= 15 is 0 Å². The second-order valence-electron chi connectivity index (χ2n) is 8.12. The fourth-order valence-electron chi connectivity index (χ4n) is 3.74. The van der Waals surface area contributed by atoms with E-state index in [0.29, 0.717) is 13.1 Å². The monoisotopic (exact) mass is 468 g/mol. The van der Waals surface area contributed by atoms with Crippen LogP contribution in [0.15, 0.2) is 83.3 Å². The summed E-state index contributed by atoms with van der Waals surface area (Å²) in [6, 6.07) is 27.5. The van der Waals surface area contributed by atoms with Crippen molar-refractivity contribution in [1.29, 1.82) is 0 Å². The van der Waals surface area contributed by atoms with Crippen LogP contribution in [0.4, 0.5) is 5.69 Å². The minimum Gasteiger partial charge on any atom is -0.534 e. The average Bonchev–Trinajstić information content (AvgIpc) is 2.72. The molecule has 0 radical (unpaired) electrons. The third-order valence-corrected chi connectivity index (χ3v) is 10.7. The molecule has 5 heteroatoms. The second-order valence-corrected chi connectivity index (χ2v) is 13.2. The van der Waals surface area contributed by atoms with E-state index in [1.165, 1.54) is 10.4 Å². The Morgan fingerprint density at radius 1 is 0.897 bits per heavy atom. The second kappa shape index (κ2) is 9.16. The SMILES string of the molecule is CC(C)(C)[Si](Oc1ccc(Br)c(NCCN)c1)(c1ccccc1)c1ccccc1. The highest BCUT2D eigenvalue weighted by atomic mass is 79.9. The fraction of sp³-hybridized carbons (Fsp3) is 0.250. The van der Waals surface area contributed by atoms with Crippen molar-refractivity contribution in [1.82, 2.24) is 0 Å². The number of hydrogen-bond donors (Lipinski definition) is 2. The molecule has 0 spiro atoms. The Hall–Kier alpha value is -2.08. The minimum absolute atomic E-state index is 0.0758. The molecule has 0 aliphatic rings. The highest BCUT2D eigenvalue weighted by Gasteiger charge is 2.52. The molecule has 0 saturated heterocycles. The third-order valence-electron chi connectivity index (χ3n) is 5.09. The summed E-state index contributed by atoms with van der Waals surface area (Å²) in [5.41, 5.74) is 6.66. The van der Waals surface area contributed by atoms with Gasteiger partial charge >= 0.3 is 8.32 Å². The van der Waals surface area contributed by atoms with Crippen molar-refractivity contribution in [2.75, 3.05) is 18.4 Å². The molecule has 0 bridgehead atoms. The van der Waals surface area contributed by atoms with Crippen LogP contribution in [0, 0.1) is 0 Å². The number of nitrogens with two attached hydrogens (primary N) is 1. The van der Waals surface area contributed by atoms with Crippen LogP contribution in [0.1, 0.15) is 20.8 Å². The Balaban J connectivity index is 2.17. The molecule has 0 heterocycles. The number of benzene rings is 3. The number of rotatable bonds is 7. The standard InChI is InChI=1S/C24H29BrN2OSi/c1-24(2,3)29(20-10-6-4-7-11-20,21-12-8-5-9-13-21)28-19-14-15-22(25)23(18-19)27-17-16-26/h4-15,18,27H,16-17,26H2,1-3H3. The summed E-state index contributed by atoms with van der Waals surface area (Å²) in [6.45, 7) is 8.14. The molecule has 0 saturated carbocycles. The van der Waals surface area contributed by atoms with Gasteiger partial charge in [-0.25, -0.2) is 0 Å². The van der Waals surface area contributed by atoms with E-state index < -0.39 is 8.32 Å². The Morgan fingerprint density at radius 2 is 1.45 bits per heavy atom. The maximum absolute atomic E-state index is 7.06. The summed E-state index contributed by atoms with van der Waals surface area (Å²) in [6.07, 6.45) is 0. The lowest BCUT2D eigenvalue weighted by Gasteiger charge is -2.43. The first-order chi connectivity index (χ1) is 13.9. The van der Waals surface area contributed by atoms with Crippen molar-refractivity contribution in [2.45, 2.75) is 25.8 Å². The summed E-state index contributed by atoms with van der Waals surface area (Å²) in [7, 11) is -2.63. The molecular weight excluding hydrogens is 440 g/mol. The maximum Gasteiger partial charge on any atom is 0.319 e. The summed E-state index contributed by atoms with van der Waals surface area (Å²) in [5.74, 6) is 0.863. The number of anilines is 1. The molecule has 0 fully saturated rings. The first kappa shape index (κ1) is 21.6. The van der Waals surface area contributed by atoms with Gasteiger partial charge in [0.25, 0.3) is 0 Å². The van der Waals surface area contributed by atoms with Crippen molar-refractivity contribution >= 4 is 40.3 Å². The van der Waals surface area contributed by atoms with Crippen LogP contribution in [-0.2, 0) is 0 Å². The molecule has 0 unspecified atom stereocenters. The summed E-state index contributed by atoms with van der Waals surface area (Å²) in [4.78, 5) is 0. The van der Waals surface area contributed by atoms with Crippen LogP contribution < -0.4 is 25.8 Å². The van der Waals surface area contributed by atoms with Gasteiger partial charge in [-0.3, -0.25) is 0 Å². The summed E-state index contributed by atoms with van der Waals surface area (Å²) in [5, 5.41) is 5.82. The van der Waals surface area contributed by atoms with Crippen LogP contribution in [0.3, 0.4) is 0 Å². The van der Waals surface area contributed by atoms with E-state index in [1.54, 1.807) is 0 Å². The highest BCUT2D eigenvalue weighted by Crippen LogP contribution is 2.38. The van der Waals surface area contributed by atoms with Crippen molar-refractivity contribution in [3.05, 3.63) is 83.3 Å². The van der Waals surface area contributed by atoms with Crippen molar-refractivity contribution < 1.29 is 4.43 Å². The molecule has 152 valence electrons. The topological polar surface area (TPSA) is 47.3 Å². The third kappa shape index (κ3) is 4.58. The van der Waals surface area contributed by atoms with Gasteiger partial charge in [0, 0.05) is 23.6 Å². The van der Waals surface area contributed by atoms with Crippen LogP contribution in [0.2, 0.25) is 5.04 Å². The minimum atomic E-state index is -2.63. The van der Waals surface area contributed by atoms with E-state index in [0.717, 1.165) is 15.9 Å². The Kier molecular flexibility index (Phi) is 6.83. The van der Waals surface area contributed by atoms with Crippen molar-refractivity contribution in [3.8, 4) is 5.75 Å². The zero-order valence-electron chi connectivity index (χ0n) is 17.3. The van der Waals surface area contributed by atoms with E-state index in [4.69, 9.17) is 10.2 Å². The van der Waals surface area contributed by atoms with Crippen LogP contribution in [0.5, 0.6) is 5.75 Å². The molecule has 3 N–H and O–H groups in total. The molecule has 3 aromatic rings. The Labute approximate surface area is 183 Å². The lowest BCUT2D eigenvalue weighted by Crippen LogP contribution is -2.68. The Bertz CT molecular complexity index is 887. The molecule has 0 atom stereocenters. The largest absolute Gasteiger partial charge is 0.534 e. The molecule has 29 heavy (non-hydrogen) atoms. The van der Waals surface area contributed by atoms with E-state index in [-0.39, 0.29) is 5.04 Å². The van der Waals surface area contributed by atoms with Gasteiger partial charge in [-0.2, -0.15) is 0 Å². The molecular formula is C24H29BrN2OSi. The van der Waals surface area contributed by atoms with Gasteiger partial charge < -0.3 is 15.5 Å².